The molecule has 0 bridgehead atoms. The highest BCUT2D eigenvalue weighted by molar-refractivity contribution is 5.79. The molecule has 0 radical (unpaired) electrons. The molecule has 2 aromatic carbocycles. The zero-order valence-electron chi connectivity index (χ0n) is 11.1. The van der Waals surface area contributed by atoms with E-state index in [1.54, 1.807) is 6.92 Å². The van der Waals surface area contributed by atoms with E-state index >= 15 is 0 Å². The molecule has 0 aliphatic rings. The molecule has 0 N–H and O–H groups in total. The minimum absolute atomic E-state index is 0.252. The number of aromatic nitrogens is 2. The minimum atomic E-state index is -4.37. The summed E-state index contributed by atoms with van der Waals surface area (Å²) >= 11 is 0. The lowest BCUT2D eigenvalue weighted by Crippen LogP contribution is -2.05. The van der Waals surface area contributed by atoms with Crippen LogP contribution in [0.3, 0.4) is 0 Å². The Bertz CT molecular complexity index is 796. The molecule has 0 unspecified atom stereocenters. The van der Waals surface area contributed by atoms with E-state index in [1.807, 2.05) is 30.3 Å². The van der Waals surface area contributed by atoms with E-state index in [0.717, 1.165) is 17.7 Å². The van der Waals surface area contributed by atoms with Crippen molar-refractivity contribution in [1.82, 2.24) is 9.97 Å². The molecule has 0 aliphatic heterocycles. The number of alkyl halides is 3. The van der Waals surface area contributed by atoms with Crippen LogP contribution in [0.1, 0.15) is 11.3 Å². The maximum absolute atomic E-state index is 12.7. The number of fused-ring (bicyclic) bond motifs is 1. The van der Waals surface area contributed by atoms with Gasteiger partial charge < -0.3 is 0 Å². The van der Waals surface area contributed by atoms with Crippen LogP contribution in [0.25, 0.3) is 22.3 Å². The molecule has 21 heavy (non-hydrogen) atoms. The first-order chi connectivity index (χ1) is 9.95. The van der Waals surface area contributed by atoms with Gasteiger partial charge in [-0.2, -0.15) is 13.2 Å². The first-order valence-corrected chi connectivity index (χ1v) is 6.36. The summed E-state index contributed by atoms with van der Waals surface area (Å²) in [6, 6.07) is 12.9. The molecule has 0 fully saturated rings. The molecule has 0 aliphatic carbocycles. The van der Waals surface area contributed by atoms with Crippen molar-refractivity contribution in [3.63, 3.8) is 0 Å². The quantitative estimate of drug-likeness (QED) is 0.652. The van der Waals surface area contributed by atoms with Crippen LogP contribution in [0.4, 0.5) is 13.2 Å². The van der Waals surface area contributed by atoms with Crippen LogP contribution in [-0.4, -0.2) is 9.97 Å². The summed E-state index contributed by atoms with van der Waals surface area (Å²) in [5.41, 5.74) is 2.17. The first-order valence-electron chi connectivity index (χ1n) is 6.36. The number of aryl methyl sites for hydroxylation is 1. The van der Waals surface area contributed by atoms with Crippen LogP contribution in [0.15, 0.2) is 48.5 Å². The lowest BCUT2D eigenvalue weighted by Gasteiger charge is -2.10. The SMILES string of the molecule is Cc1nc2cc(C(F)(F)F)ccc2nc1-c1ccccc1. The van der Waals surface area contributed by atoms with Crippen LogP contribution >= 0.6 is 0 Å². The van der Waals surface area contributed by atoms with Crippen molar-refractivity contribution in [1.29, 1.82) is 0 Å². The van der Waals surface area contributed by atoms with Gasteiger partial charge in [-0.25, -0.2) is 9.97 Å². The van der Waals surface area contributed by atoms with E-state index < -0.39 is 11.7 Å². The second-order valence-electron chi connectivity index (χ2n) is 4.72. The fourth-order valence-corrected chi connectivity index (χ4v) is 2.19. The standard InChI is InChI=1S/C16H11F3N2/c1-10-15(11-5-3-2-4-6-11)21-13-8-7-12(16(17,18)19)9-14(13)20-10/h2-9H,1H3. The highest BCUT2D eigenvalue weighted by Crippen LogP contribution is 2.31. The predicted octanol–water partition coefficient (Wildman–Crippen LogP) is 4.62. The van der Waals surface area contributed by atoms with Crippen molar-refractivity contribution in [2.24, 2.45) is 0 Å². The number of hydrogen-bond donors (Lipinski definition) is 0. The van der Waals surface area contributed by atoms with E-state index in [4.69, 9.17) is 0 Å². The molecule has 0 atom stereocenters. The maximum atomic E-state index is 12.7. The Morgan fingerprint density at radius 3 is 2.24 bits per heavy atom. The molecule has 1 aromatic heterocycles. The lowest BCUT2D eigenvalue weighted by molar-refractivity contribution is -0.137. The molecular formula is C16H11F3N2. The molecular weight excluding hydrogens is 277 g/mol. The summed E-state index contributed by atoms with van der Waals surface area (Å²) in [5, 5.41) is 0. The zero-order chi connectivity index (χ0) is 15.0. The van der Waals surface area contributed by atoms with Crippen LogP contribution < -0.4 is 0 Å². The average molecular weight is 288 g/mol. The minimum Gasteiger partial charge on any atom is -0.249 e. The number of rotatable bonds is 1. The summed E-state index contributed by atoms with van der Waals surface area (Å²) in [5.74, 6) is 0. The molecule has 3 rings (SSSR count). The maximum Gasteiger partial charge on any atom is 0.416 e. The molecule has 0 saturated carbocycles. The fraction of sp³-hybridized carbons (Fsp3) is 0.125. The first kappa shape index (κ1) is 13.5. The van der Waals surface area contributed by atoms with Gasteiger partial charge in [0.2, 0.25) is 0 Å². The van der Waals surface area contributed by atoms with Gasteiger partial charge in [0.25, 0.3) is 0 Å². The highest BCUT2D eigenvalue weighted by atomic mass is 19.4. The molecule has 0 saturated heterocycles. The third kappa shape index (κ3) is 2.59. The lowest BCUT2D eigenvalue weighted by atomic mass is 10.1. The largest absolute Gasteiger partial charge is 0.416 e. The van der Waals surface area contributed by atoms with Gasteiger partial charge in [0, 0.05) is 5.56 Å². The molecule has 106 valence electrons. The van der Waals surface area contributed by atoms with E-state index in [0.29, 0.717) is 16.9 Å². The molecule has 2 nitrogen and oxygen atoms in total. The van der Waals surface area contributed by atoms with Gasteiger partial charge in [0.1, 0.15) is 0 Å². The Labute approximate surface area is 119 Å². The average Bonchev–Trinajstić information content (AvgIpc) is 2.46. The second-order valence-corrected chi connectivity index (χ2v) is 4.72. The number of halogens is 3. The monoisotopic (exact) mass is 288 g/mol. The van der Waals surface area contributed by atoms with Crippen LogP contribution in [0, 0.1) is 6.92 Å². The Balaban J connectivity index is 2.18. The van der Waals surface area contributed by atoms with Crippen molar-refractivity contribution in [3.05, 3.63) is 59.8 Å². The second kappa shape index (κ2) is 4.84. The van der Waals surface area contributed by atoms with Gasteiger partial charge in [-0.1, -0.05) is 30.3 Å². The summed E-state index contributed by atoms with van der Waals surface area (Å²) in [6.45, 7) is 1.75. The van der Waals surface area contributed by atoms with E-state index in [1.165, 1.54) is 6.07 Å². The molecule has 5 heteroatoms. The number of hydrogen-bond acceptors (Lipinski definition) is 2. The fourth-order valence-electron chi connectivity index (χ4n) is 2.19. The van der Waals surface area contributed by atoms with Crippen LogP contribution in [0.2, 0.25) is 0 Å². The van der Waals surface area contributed by atoms with E-state index in [-0.39, 0.29) is 5.52 Å². The van der Waals surface area contributed by atoms with Gasteiger partial charge in [0.05, 0.1) is 28.0 Å². The van der Waals surface area contributed by atoms with Crippen molar-refractivity contribution in [3.8, 4) is 11.3 Å². The third-order valence-electron chi connectivity index (χ3n) is 3.21. The Kier molecular flexibility index (Phi) is 3.12. The van der Waals surface area contributed by atoms with Crippen molar-refractivity contribution >= 4 is 11.0 Å². The van der Waals surface area contributed by atoms with Crippen LogP contribution in [-0.2, 0) is 6.18 Å². The highest BCUT2D eigenvalue weighted by Gasteiger charge is 2.30. The van der Waals surface area contributed by atoms with Crippen molar-refractivity contribution < 1.29 is 13.2 Å². The molecule has 0 amide bonds. The molecule has 1 heterocycles. The smallest absolute Gasteiger partial charge is 0.249 e. The van der Waals surface area contributed by atoms with Gasteiger partial charge in [-0.3, -0.25) is 0 Å². The Morgan fingerprint density at radius 1 is 0.857 bits per heavy atom. The summed E-state index contributed by atoms with van der Waals surface area (Å²) < 4.78 is 38.1. The van der Waals surface area contributed by atoms with Gasteiger partial charge in [-0.15, -0.1) is 0 Å². The summed E-state index contributed by atoms with van der Waals surface area (Å²) in [4.78, 5) is 8.70. The Morgan fingerprint density at radius 2 is 1.57 bits per heavy atom. The van der Waals surface area contributed by atoms with E-state index in [9.17, 15) is 13.2 Å². The summed E-state index contributed by atoms with van der Waals surface area (Å²) in [7, 11) is 0. The molecule has 3 aromatic rings. The predicted molar refractivity (Wildman–Crippen MR) is 74.7 cm³/mol. The number of benzene rings is 2. The van der Waals surface area contributed by atoms with Gasteiger partial charge >= 0.3 is 6.18 Å². The van der Waals surface area contributed by atoms with Crippen LogP contribution in [0.5, 0.6) is 0 Å². The third-order valence-corrected chi connectivity index (χ3v) is 3.21. The zero-order valence-corrected chi connectivity index (χ0v) is 11.1. The number of nitrogens with zero attached hydrogens (tertiary/aromatic N) is 2. The summed E-state index contributed by atoms with van der Waals surface area (Å²) in [6.07, 6.45) is -4.37. The van der Waals surface area contributed by atoms with Crippen molar-refractivity contribution in [2.75, 3.05) is 0 Å². The van der Waals surface area contributed by atoms with Gasteiger partial charge in [-0.05, 0) is 25.1 Å². The topological polar surface area (TPSA) is 25.8 Å². The van der Waals surface area contributed by atoms with Gasteiger partial charge in [0.15, 0.2) is 0 Å². The van der Waals surface area contributed by atoms with Crippen molar-refractivity contribution in [2.45, 2.75) is 13.1 Å². The Hall–Kier alpha value is -2.43. The normalized spacial score (nSPS) is 11.8. The van der Waals surface area contributed by atoms with E-state index in [2.05, 4.69) is 9.97 Å². The molecule has 0 spiro atoms.